The van der Waals surface area contributed by atoms with Crippen molar-refractivity contribution in [1.29, 1.82) is 0 Å². The zero-order valence-corrected chi connectivity index (χ0v) is 13.7. The molecule has 8 nitrogen and oxygen atoms in total. The van der Waals surface area contributed by atoms with Gasteiger partial charge >= 0.3 is 0 Å². The molecule has 3 rings (SSSR count). The number of carbonyl (C=O) groups excluding carboxylic acids is 1. The Morgan fingerprint density at radius 2 is 2.25 bits per heavy atom. The van der Waals surface area contributed by atoms with Gasteiger partial charge in [-0.1, -0.05) is 0 Å². The second kappa shape index (κ2) is 6.38. The lowest BCUT2D eigenvalue weighted by atomic mass is 10.0. The van der Waals surface area contributed by atoms with Gasteiger partial charge in [0.25, 0.3) is 5.69 Å². The maximum atomic E-state index is 12.4. The normalized spacial score (nSPS) is 17.2. The number of nitrogens with zero attached hydrogens (tertiary/aromatic N) is 5. The maximum Gasteiger partial charge on any atom is 0.290 e. The van der Waals surface area contributed by atoms with Crippen LogP contribution in [0.4, 0.5) is 11.5 Å². The molecule has 0 bridgehead atoms. The Kier molecular flexibility index (Phi) is 4.28. The monoisotopic (exact) mass is 329 g/mol. The minimum atomic E-state index is -0.431. The van der Waals surface area contributed by atoms with Gasteiger partial charge in [0, 0.05) is 38.3 Å². The highest BCUT2D eigenvalue weighted by Gasteiger charge is 2.29. The summed E-state index contributed by atoms with van der Waals surface area (Å²) in [6, 6.07) is 3.21. The first-order valence-electron chi connectivity index (χ1n) is 7.86. The molecule has 1 fully saturated rings. The lowest BCUT2D eigenvalue weighted by Crippen LogP contribution is -2.32. The zero-order chi connectivity index (χ0) is 17.3. The van der Waals surface area contributed by atoms with E-state index in [4.69, 9.17) is 0 Å². The van der Waals surface area contributed by atoms with Gasteiger partial charge in [-0.3, -0.25) is 19.6 Å². The summed E-state index contributed by atoms with van der Waals surface area (Å²) in [6.45, 7) is 2.43. The van der Waals surface area contributed by atoms with Crippen LogP contribution in [-0.4, -0.2) is 38.1 Å². The van der Waals surface area contributed by atoms with Gasteiger partial charge in [-0.15, -0.1) is 0 Å². The summed E-state index contributed by atoms with van der Waals surface area (Å²) in [5, 5.41) is 15.0. The van der Waals surface area contributed by atoms with Crippen molar-refractivity contribution in [2.45, 2.75) is 32.2 Å². The third kappa shape index (κ3) is 3.12. The van der Waals surface area contributed by atoms with E-state index in [0.717, 1.165) is 19.4 Å². The second-order valence-corrected chi connectivity index (χ2v) is 6.05. The van der Waals surface area contributed by atoms with Crippen LogP contribution in [0, 0.1) is 17.0 Å². The van der Waals surface area contributed by atoms with Gasteiger partial charge < -0.3 is 4.90 Å². The molecule has 0 aliphatic carbocycles. The molecular formula is C16H19N5O3. The van der Waals surface area contributed by atoms with Crippen LogP contribution < -0.4 is 4.90 Å². The second-order valence-electron chi connectivity index (χ2n) is 6.05. The highest BCUT2D eigenvalue weighted by Crippen LogP contribution is 2.29. The van der Waals surface area contributed by atoms with Gasteiger partial charge in [-0.2, -0.15) is 5.10 Å². The summed E-state index contributed by atoms with van der Waals surface area (Å²) in [7, 11) is 1.78. The molecule has 0 spiro atoms. The van der Waals surface area contributed by atoms with Crippen molar-refractivity contribution < 1.29 is 9.72 Å². The maximum absolute atomic E-state index is 12.4. The van der Waals surface area contributed by atoms with Crippen LogP contribution in [0.5, 0.6) is 0 Å². The molecule has 2 aromatic heterocycles. The molecule has 0 amide bonds. The fourth-order valence-electron chi connectivity index (χ4n) is 3.14. The van der Waals surface area contributed by atoms with E-state index in [9.17, 15) is 14.9 Å². The molecule has 1 unspecified atom stereocenters. The minimum absolute atomic E-state index is 0.0148. The van der Waals surface area contributed by atoms with Crippen LogP contribution in [0.1, 0.15) is 35.3 Å². The van der Waals surface area contributed by atoms with Gasteiger partial charge in [0.1, 0.15) is 11.5 Å². The molecule has 0 radical (unpaired) electrons. The van der Waals surface area contributed by atoms with Crippen molar-refractivity contribution in [3.05, 3.63) is 45.9 Å². The Balaban J connectivity index is 1.77. The van der Waals surface area contributed by atoms with Crippen molar-refractivity contribution in [1.82, 2.24) is 14.8 Å². The average molecular weight is 329 g/mol. The molecular weight excluding hydrogens is 310 g/mol. The predicted octanol–water partition coefficient (Wildman–Crippen LogP) is 2.27. The van der Waals surface area contributed by atoms with Crippen LogP contribution in [-0.2, 0) is 7.05 Å². The van der Waals surface area contributed by atoms with E-state index in [-0.39, 0.29) is 17.5 Å². The van der Waals surface area contributed by atoms with Crippen molar-refractivity contribution in [2.24, 2.45) is 7.05 Å². The van der Waals surface area contributed by atoms with Crippen molar-refractivity contribution in [2.75, 3.05) is 11.4 Å². The summed E-state index contributed by atoms with van der Waals surface area (Å²) in [5.74, 6) is 0.748. The van der Waals surface area contributed by atoms with E-state index in [0.29, 0.717) is 23.5 Å². The van der Waals surface area contributed by atoms with Gasteiger partial charge in [-0.25, -0.2) is 4.98 Å². The zero-order valence-electron chi connectivity index (χ0n) is 13.7. The fourth-order valence-corrected chi connectivity index (χ4v) is 3.14. The van der Waals surface area contributed by atoms with E-state index in [1.807, 2.05) is 0 Å². The van der Waals surface area contributed by atoms with E-state index < -0.39 is 4.92 Å². The third-order valence-electron chi connectivity index (χ3n) is 4.36. The van der Waals surface area contributed by atoms with E-state index >= 15 is 0 Å². The number of anilines is 1. The quantitative estimate of drug-likeness (QED) is 0.474. The summed E-state index contributed by atoms with van der Waals surface area (Å²) in [4.78, 5) is 29.3. The fraction of sp³-hybridized carbons (Fsp3) is 0.438. The van der Waals surface area contributed by atoms with Gasteiger partial charge in [0.05, 0.1) is 16.7 Å². The van der Waals surface area contributed by atoms with E-state index in [1.54, 1.807) is 37.1 Å². The number of rotatable bonds is 5. The van der Waals surface area contributed by atoms with Crippen LogP contribution in [0.15, 0.2) is 24.5 Å². The molecule has 3 heterocycles. The van der Waals surface area contributed by atoms with Gasteiger partial charge in [0.15, 0.2) is 5.78 Å². The van der Waals surface area contributed by atoms with Crippen LogP contribution in [0.25, 0.3) is 0 Å². The summed E-state index contributed by atoms with van der Waals surface area (Å²) in [6.07, 6.45) is 5.57. The Bertz CT molecular complexity index is 786. The van der Waals surface area contributed by atoms with Crippen molar-refractivity contribution in [3.63, 3.8) is 0 Å². The average Bonchev–Trinajstić information content (AvgIpc) is 3.15. The highest BCUT2D eigenvalue weighted by molar-refractivity contribution is 5.96. The van der Waals surface area contributed by atoms with Gasteiger partial charge in [-0.05, 0) is 25.8 Å². The van der Waals surface area contributed by atoms with Crippen molar-refractivity contribution in [3.8, 4) is 0 Å². The number of carbonyl (C=O) groups is 1. The number of ketones is 1. The SMILES string of the molecule is Cc1nc(N2CCCC2CC(=O)c2cnn(C)c2)ccc1[N+](=O)[O-]. The van der Waals surface area contributed by atoms with Crippen molar-refractivity contribution >= 4 is 17.3 Å². The number of pyridine rings is 1. The lowest BCUT2D eigenvalue weighted by molar-refractivity contribution is -0.385. The Morgan fingerprint density at radius 1 is 1.46 bits per heavy atom. The number of Topliss-reactive ketones (excluding diaryl/α,β-unsaturated/α-hetero) is 1. The minimum Gasteiger partial charge on any atom is -0.353 e. The summed E-state index contributed by atoms with van der Waals surface area (Å²) < 4.78 is 1.61. The number of aromatic nitrogens is 3. The van der Waals surface area contributed by atoms with Crippen LogP contribution in [0.2, 0.25) is 0 Å². The molecule has 24 heavy (non-hydrogen) atoms. The number of hydrogen-bond donors (Lipinski definition) is 0. The molecule has 2 aromatic rings. The standard InChI is InChI=1S/C16H19N5O3/c1-11-14(21(23)24)5-6-16(18-11)20-7-3-4-13(20)8-15(22)12-9-17-19(2)10-12/h5-6,9-10,13H,3-4,7-8H2,1-2H3. The first-order valence-corrected chi connectivity index (χ1v) is 7.86. The van der Waals surface area contributed by atoms with Crippen LogP contribution >= 0.6 is 0 Å². The number of nitro groups is 1. The molecule has 1 aliphatic heterocycles. The number of aryl methyl sites for hydroxylation is 2. The molecule has 126 valence electrons. The smallest absolute Gasteiger partial charge is 0.290 e. The van der Waals surface area contributed by atoms with E-state index in [1.165, 1.54) is 6.07 Å². The molecule has 1 saturated heterocycles. The molecule has 8 heteroatoms. The molecule has 0 aromatic carbocycles. The predicted molar refractivity (Wildman–Crippen MR) is 88.2 cm³/mol. The highest BCUT2D eigenvalue weighted by atomic mass is 16.6. The van der Waals surface area contributed by atoms with Gasteiger partial charge in [0.2, 0.25) is 0 Å². The number of hydrogen-bond acceptors (Lipinski definition) is 6. The van der Waals surface area contributed by atoms with E-state index in [2.05, 4.69) is 15.0 Å². The Hall–Kier alpha value is -2.77. The molecule has 0 N–H and O–H groups in total. The third-order valence-corrected chi connectivity index (χ3v) is 4.36. The summed E-state index contributed by atoms with van der Waals surface area (Å²) >= 11 is 0. The molecule has 1 aliphatic rings. The Morgan fingerprint density at radius 3 is 2.88 bits per heavy atom. The summed E-state index contributed by atoms with van der Waals surface area (Å²) in [5.41, 5.74) is 1.01. The Labute approximate surface area is 139 Å². The largest absolute Gasteiger partial charge is 0.353 e. The first-order chi connectivity index (χ1) is 11.5. The molecule has 0 saturated carbocycles. The topological polar surface area (TPSA) is 94.2 Å². The van der Waals surface area contributed by atoms with Crippen LogP contribution in [0.3, 0.4) is 0 Å². The molecule has 1 atom stereocenters. The first kappa shape index (κ1) is 16.1. The lowest BCUT2D eigenvalue weighted by Gasteiger charge is -2.25.